The van der Waals surface area contributed by atoms with Crippen molar-refractivity contribution < 1.29 is 4.74 Å². The maximum atomic E-state index is 6.04. The fourth-order valence-corrected chi connectivity index (χ4v) is 2.57. The van der Waals surface area contributed by atoms with Crippen LogP contribution in [0.4, 0.5) is 0 Å². The summed E-state index contributed by atoms with van der Waals surface area (Å²) < 4.78 is 7.26. The highest BCUT2D eigenvalue weighted by Gasteiger charge is 2.13. The summed E-state index contributed by atoms with van der Waals surface area (Å²) in [6, 6.07) is 12.0. The van der Waals surface area contributed by atoms with Crippen LogP contribution >= 0.6 is 11.6 Å². The highest BCUT2D eigenvalue weighted by Crippen LogP contribution is 2.21. The van der Waals surface area contributed by atoms with E-state index in [1.54, 1.807) is 7.11 Å². The van der Waals surface area contributed by atoms with Crippen molar-refractivity contribution >= 4 is 22.8 Å². The van der Waals surface area contributed by atoms with E-state index in [4.69, 9.17) is 16.3 Å². The van der Waals surface area contributed by atoms with Crippen molar-refractivity contribution in [3.05, 3.63) is 53.3 Å². The Morgan fingerprint density at radius 2 is 1.95 bits per heavy atom. The summed E-state index contributed by atoms with van der Waals surface area (Å²) in [5.41, 5.74) is 4.10. The molecular formula is C16H16ClN3O. The minimum absolute atomic E-state index is 0.352. The van der Waals surface area contributed by atoms with Crippen LogP contribution in [0, 0.1) is 6.92 Å². The Kier molecular flexibility index (Phi) is 3.80. The van der Waals surface area contributed by atoms with E-state index in [-0.39, 0.29) is 0 Å². The molecule has 2 heterocycles. The molecule has 0 fully saturated rings. The van der Waals surface area contributed by atoms with E-state index in [1.807, 2.05) is 28.8 Å². The second kappa shape index (κ2) is 5.74. The van der Waals surface area contributed by atoms with Crippen LogP contribution < -0.4 is 4.74 Å². The van der Waals surface area contributed by atoms with Crippen LogP contribution in [0.25, 0.3) is 11.2 Å². The lowest BCUT2D eigenvalue weighted by atomic mass is 10.1. The minimum Gasteiger partial charge on any atom is -0.481 e. The highest BCUT2D eigenvalue weighted by atomic mass is 35.5. The van der Waals surface area contributed by atoms with Gasteiger partial charge in [0, 0.05) is 6.07 Å². The van der Waals surface area contributed by atoms with Crippen molar-refractivity contribution in [1.29, 1.82) is 0 Å². The number of pyridine rings is 1. The smallest absolute Gasteiger partial charge is 0.215 e. The largest absolute Gasteiger partial charge is 0.481 e. The Balaban J connectivity index is 2.13. The summed E-state index contributed by atoms with van der Waals surface area (Å²) >= 11 is 6.04. The van der Waals surface area contributed by atoms with Gasteiger partial charge in [-0.2, -0.15) is 4.98 Å². The number of ether oxygens (including phenoxy) is 1. The van der Waals surface area contributed by atoms with Crippen molar-refractivity contribution in [2.75, 3.05) is 7.11 Å². The van der Waals surface area contributed by atoms with Gasteiger partial charge in [0.25, 0.3) is 0 Å². The Bertz CT molecular complexity index is 782. The van der Waals surface area contributed by atoms with Gasteiger partial charge in [-0.05, 0) is 24.1 Å². The van der Waals surface area contributed by atoms with E-state index in [9.17, 15) is 0 Å². The molecule has 0 N–H and O–H groups in total. The SMILES string of the molecule is COc1ccc2nc(CCl)n(Cc3ccccc3C)c2n1. The average molecular weight is 302 g/mol. The number of halogens is 1. The van der Waals surface area contributed by atoms with Crippen molar-refractivity contribution in [1.82, 2.24) is 14.5 Å². The Hall–Kier alpha value is -2.07. The molecule has 0 atom stereocenters. The van der Waals surface area contributed by atoms with Gasteiger partial charge < -0.3 is 9.30 Å². The molecule has 2 aromatic heterocycles. The molecule has 0 aliphatic heterocycles. The molecule has 0 spiro atoms. The van der Waals surface area contributed by atoms with E-state index in [2.05, 4.69) is 29.0 Å². The zero-order chi connectivity index (χ0) is 14.8. The lowest BCUT2D eigenvalue weighted by Crippen LogP contribution is -2.06. The number of imidazole rings is 1. The lowest BCUT2D eigenvalue weighted by Gasteiger charge is -2.10. The molecule has 3 aromatic rings. The van der Waals surface area contributed by atoms with Crippen LogP contribution in [-0.4, -0.2) is 21.6 Å². The molecule has 3 rings (SSSR count). The van der Waals surface area contributed by atoms with Gasteiger partial charge in [-0.1, -0.05) is 24.3 Å². The first-order valence-electron chi connectivity index (χ1n) is 6.73. The average Bonchev–Trinajstić information content (AvgIpc) is 2.86. The van der Waals surface area contributed by atoms with Gasteiger partial charge in [0.2, 0.25) is 5.88 Å². The Morgan fingerprint density at radius 3 is 2.67 bits per heavy atom. The summed E-state index contributed by atoms with van der Waals surface area (Å²) in [5.74, 6) is 1.75. The van der Waals surface area contributed by atoms with Gasteiger partial charge in [0.1, 0.15) is 11.3 Å². The maximum absolute atomic E-state index is 6.04. The second-order valence-electron chi connectivity index (χ2n) is 4.87. The molecule has 4 nitrogen and oxygen atoms in total. The number of fused-ring (bicyclic) bond motifs is 1. The topological polar surface area (TPSA) is 39.9 Å². The van der Waals surface area contributed by atoms with Gasteiger partial charge in [-0.3, -0.25) is 0 Å². The van der Waals surface area contributed by atoms with Crippen LogP contribution in [-0.2, 0) is 12.4 Å². The third kappa shape index (κ3) is 2.59. The molecule has 0 saturated carbocycles. The fourth-order valence-electron chi connectivity index (χ4n) is 2.37. The van der Waals surface area contributed by atoms with Crippen LogP contribution in [0.1, 0.15) is 17.0 Å². The van der Waals surface area contributed by atoms with Crippen molar-refractivity contribution in [2.45, 2.75) is 19.3 Å². The first kappa shape index (κ1) is 13.9. The molecule has 0 bridgehead atoms. The second-order valence-corrected chi connectivity index (χ2v) is 5.14. The van der Waals surface area contributed by atoms with Gasteiger partial charge in [-0.15, -0.1) is 11.6 Å². The molecule has 108 valence electrons. The van der Waals surface area contributed by atoms with E-state index in [0.29, 0.717) is 18.3 Å². The van der Waals surface area contributed by atoms with Crippen molar-refractivity contribution in [3.8, 4) is 5.88 Å². The molecule has 0 amide bonds. The first-order chi connectivity index (χ1) is 10.2. The van der Waals surface area contributed by atoms with E-state index in [1.165, 1.54) is 11.1 Å². The standard InChI is InChI=1S/C16H16ClN3O/c1-11-5-3-4-6-12(11)10-20-14(9-17)18-13-7-8-15(21-2)19-16(13)20/h3-8H,9-10H2,1-2H3. The zero-order valence-electron chi connectivity index (χ0n) is 12.0. The van der Waals surface area contributed by atoms with E-state index < -0.39 is 0 Å². The third-order valence-corrected chi connectivity index (χ3v) is 3.80. The molecule has 0 unspecified atom stereocenters. The summed E-state index contributed by atoms with van der Waals surface area (Å²) in [5, 5.41) is 0. The number of benzene rings is 1. The quantitative estimate of drug-likeness (QED) is 0.692. The number of nitrogens with zero attached hydrogens (tertiary/aromatic N) is 3. The summed E-state index contributed by atoms with van der Waals surface area (Å²) in [4.78, 5) is 9.05. The number of hydrogen-bond acceptors (Lipinski definition) is 3. The minimum atomic E-state index is 0.352. The Morgan fingerprint density at radius 1 is 1.14 bits per heavy atom. The number of aromatic nitrogens is 3. The molecular weight excluding hydrogens is 286 g/mol. The molecule has 21 heavy (non-hydrogen) atoms. The number of hydrogen-bond donors (Lipinski definition) is 0. The maximum Gasteiger partial charge on any atom is 0.215 e. The van der Waals surface area contributed by atoms with Crippen molar-refractivity contribution in [2.24, 2.45) is 0 Å². The number of aryl methyl sites for hydroxylation is 1. The van der Waals surface area contributed by atoms with E-state index >= 15 is 0 Å². The summed E-state index contributed by atoms with van der Waals surface area (Å²) in [6.07, 6.45) is 0. The number of methoxy groups -OCH3 is 1. The first-order valence-corrected chi connectivity index (χ1v) is 7.27. The molecule has 0 aliphatic rings. The molecule has 0 radical (unpaired) electrons. The van der Waals surface area contributed by atoms with Crippen LogP contribution in [0.5, 0.6) is 5.88 Å². The van der Waals surface area contributed by atoms with Crippen LogP contribution in [0.3, 0.4) is 0 Å². The highest BCUT2D eigenvalue weighted by molar-refractivity contribution is 6.16. The zero-order valence-corrected chi connectivity index (χ0v) is 12.8. The summed E-state index contributed by atoms with van der Waals surface area (Å²) in [6.45, 7) is 2.80. The monoisotopic (exact) mass is 301 g/mol. The van der Waals surface area contributed by atoms with Gasteiger partial charge in [0.15, 0.2) is 5.65 Å². The van der Waals surface area contributed by atoms with Crippen molar-refractivity contribution in [3.63, 3.8) is 0 Å². The molecule has 0 saturated heterocycles. The Labute approximate surface area is 128 Å². The molecule has 0 aliphatic carbocycles. The fraction of sp³-hybridized carbons (Fsp3) is 0.250. The third-order valence-electron chi connectivity index (χ3n) is 3.56. The predicted molar refractivity (Wildman–Crippen MR) is 83.9 cm³/mol. The van der Waals surface area contributed by atoms with E-state index in [0.717, 1.165) is 17.0 Å². The molecule has 5 heteroatoms. The van der Waals surface area contributed by atoms with Gasteiger partial charge >= 0.3 is 0 Å². The summed E-state index contributed by atoms with van der Waals surface area (Å²) in [7, 11) is 1.61. The van der Waals surface area contributed by atoms with Crippen LogP contribution in [0.2, 0.25) is 0 Å². The lowest BCUT2D eigenvalue weighted by molar-refractivity contribution is 0.399. The van der Waals surface area contributed by atoms with Crippen LogP contribution in [0.15, 0.2) is 36.4 Å². The van der Waals surface area contributed by atoms with Gasteiger partial charge in [0.05, 0.1) is 19.5 Å². The normalized spacial score (nSPS) is 11.0. The van der Waals surface area contributed by atoms with Gasteiger partial charge in [-0.25, -0.2) is 4.98 Å². The predicted octanol–water partition coefficient (Wildman–Crippen LogP) is 3.54. The number of alkyl halides is 1. The molecule has 1 aromatic carbocycles. The number of rotatable bonds is 4.